The summed E-state index contributed by atoms with van der Waals surface area (Å²) < 4.78 is 5.14. The van der Waals surface area contributed by atoms with Gasteiger partial charge in [0.1, 0.15) is 11.8 Å². The Bertz CT molecular complexity index is 433. The van der Waals surface area contributed by atoms with Gasteiger partial charge in [0, 0.05) is 24.9 Å². The van der Waals surface area contributed by atoms with E-state index >= 15 is 0 Å². The number of nitrogens with zero attached hydrogens (tertiary/aromatic N) is 1. The minimum atomic E-state index is -0.311. The van der Waals surface area contributed by atoms with Crippen LogP contribution < -0.4 is 15.0 Å². The third-order valence-electron chi connectivity index (χ3n) is 3.34. The van der Waals surface area contributed by atoms with Gasteiger partial charge in [0.25, 0.3) is 0 Å². The van der Waals surface area contributed by atoms with E-state index in [4.69, 9.17) is 9.84 Å². The van der Waals surface area contributed by atoms with Crippen molar-refractivity contribution in [1.82, 2.24) is 5.32 Å². The van der Waals surface area contributed by atoms with E-state index < -0.39 is 0 Å². The van der Waals surface area contributed by atoms with E-state index in [-0.39, 0.29) is 24.6 Å². The zero-order valence-corrected chi connectivity index (χ0v) is 11.3. The van der Waals surface area contributed by atoms with Crippen LogP contribution in [0.2, 0.25) is 0 Å². The van der Waals surface area contributed by atoms with Gasteiger partial charge >= 0.3 is 0 Å². The van der Waals surface area contributed by atoms with Crippen LogP contribution in [0.5, 0.6) is 5.75 Å². The average Bonchev–Trinajstić information content (AvgIpc) is 2.42. The third kappa shape index (κ3) is 2.98. The summed E-state index contributed by atoms with van der Waals surface area (Å²) in [4.78, 5) is 14.1. The molecule has 0 radical (unpaired) electrons. The van der Waals surface area contributed by atoms with E-state index in [1.807, 2.05) is 36.1 Å². The summed E-state index contributed by atoms with van der Waals surface area (Å²) in [5.74, 6) is 0.764. The number of hydrogen-bond donors (Lipinski definition) is 2. The van der Waals surface area contributed by atoms with Gasteiger partial charge in [-0.15, -0.1) is 0 Å². The Morgan fingerprint density at radius 2 is 2.11 bits per heavy atom. The van der Waals surface area contributed by atoms with Gasteiger partial charge in [-0.2, -0.15) is 0 Å². The van der Waals surface area contributed by atoms with Crippen LogP contribution in [0, 0.1) is 0 Å². The molecule has 2 unspecified atom stereocenters. The zero-order chi connectivity index (χ0) is 13.8. The molecule has 19 heavy (non-hydrogen) atoms. The Morgan fingerprint density at radius 1 is 1.42 bits per heavy atom. The number of benzene rings is 1. The Morgan fingerprint density at radius 3 is 2.68 bits per heavy atom. The largest absolute Gasteiger partial charge is 0.497 e. The molecule has 2 rings (SSSR count). The highest BCUT2D eigenvalue weighted by Gasteiger charge is 2.32. The second-order valence-electron chi connectivity index (χ2n) is 4.79. The topological polar surface area (TPSA) is 61.8 Å². The van der Waals surface area contributed by atoms with Crippen molar-refractivity contribution in [3.8, 4) is 5.75 Å². The number of methoxy groups -OCH3 is 1. The van der Waals surface area contributed by atoms with Crippen molar-refractivity contribution in [2.45, 2.75) is 25.4 Å². The lowest BCUT2D eigenvalue weighted by Crippen LogP contribution is -2.59. The van der Waals surface area contributed by atoms with Crippen LogP contribution in [-0.4, -0.2) is 43.4 Å². The highest BCUT2D eigenvalue weighted by molar-refractivity contribution is 5.87. The normalized spacial score (nSPS) is 23.1. The summed E-state index contributed by atoms with van der Waals surface area (Å²) in [6.45, 7) is 2.71. The first-order valence-electron chi connectivity index (χ1n) is 6.47. The SMILES string of the molecule is COc1ccc(N2CC(C)NC(=O)C2CCO)cc1. The highest BCUT2D eigenvalue weighted by Crippen LogP contribution is 2.24. The molecule has 0 saturated carbocycles. The van der Waals surface area contributed by atoms with Gasteiger partial charge in [0.05, 0.1) is 7.11 Å². The number of hydrogen-bond acceptors (Lipinski definition) is 4. The van der Waals surface area contributed by atoms with Crippen LogP contribution in [0.15, 0.2) is 24.3 Å². The number of rotatable bonds is 4. The lowest BCUT2D eigenvalue weighted by molar-refractivity contribution is -0.124. The molecule has 0 bridgehead atoms. The van der Waals surface area contributed by atoms with Gasteiger partial charge in [-0.05, 0) is 37.6 Å². The van der Waals surface area contributed by atoms with Crippen molar-refractivity contribution < 1.29 is 14.6 Å². The summed E-state index contributed by atoms with van der Waals surface area (Å²) in [5, 5.41) is 12.0. The Balaban J connectivity index is 2.23. The monoisotopic (exact) mass is 264 g/mol. The highest BCUT2D eigenvalue weighted by atomic mass is 16.5. The number of anilines is 1. The molecule has 1 aromatic carbocycles. The summed E-state index contributed by atoms with van der Waals surface area (Å²) in [7, 11) is 1.62. The first-order chi connectivity index (χ1) is 9.15. The van der Waals surface area contributed by atoms with Crippen molar-refractivity contribution in [3.63, 3.8) is 0 Å². The number of carbonyl (C=O) groups excluding carboxylic acids is 1. The fraction of sp³-hybridized carbons (Fsp3) is 0.500. The molecule has 5 heteroatoms. The van der Waals surface area contributed by atoms with Crippen molar-refractivity contribution in [2.24, 2.45) is 0 Å². The molecule has 104 valence electrons. The van der Waals surface area contributed by atoms with E-state index in [0.717, 1.165) is 18.0 Å². The molecule has 1 aliphatic rings. The maximum absolute atomic E-state index is 12.0. The fourth-order valence-corrected chi connectivity index (χ4v) is 2.42. The van der Waals surface area contributed by atoms with Gasteiger partial charge in [-0.1, -0.05) is 0 Å². The van der Waals surface area contributed by atoms with Gasteiger partial charge in [0.2, 0.25) is 5.91 Å². The van der Waals surface area contributed by atoms with Gasteiger partial charge in [0.15, 0.2) is 0 Å². The summed E-state index contributed by atoms with van der Waals surface area (Å²) in [6.07, 6.45) is 0.435. The molecular weight excluding hydrogens is 244 g/mol. The van der Waals surface area contributed by atoms with Crippen molar-refractivity contribution in [2.75, 3.05) is 25.2 Å². The molecule has 5 nitrogen and oxygen atoms in total. The number of amides is 1. The average molecular weight is 264 g/mol. The molecule has 0 aliphatic carbocycles. The summed E-state index contributed by atoms with van der Waals surface area (Å²) in [5.41, 5.74) is 0.973. The first kappa shape index (κ1) is 13.7. The van der Waals surface area contributed by atoms with Crippen LogP contribution in [0.4, 0.5) is 5.69 Å². The van der Waals surface area contributed by atoms with E-state index in [9.17, 15) is 4.79 Å². The molecule has 2 N–H and O–H groups in total. The molecule has 0 spiro atoms. The van der Waals surface area contributed by atoms with E-state index in [0.29, 0.717) is 6.42 Å². The van der Waals surface area contributed by atoms with Gasteiger partial charge in [-0.25, -0.2) is 0 Å². The molecule has 1 fully saturated rings. The zero-order valence-electron chi connectivity index (χ0n) is 11.3. The number of ether oxygens (including phenoxy) is 1. The van der Waals surface area contributed by atoms with Crippen LogP contribution >= 0.6 is 0 Å². The van der Waals surface area contributed by atoms with E-state index in [2.05, 4.69) is 5.32 Å². The predicted molar refractivity (Wildman–Crippen MR) is 73.4 cm³/mol. The second kappa shape index (κ2) is 5.93. The lowest BCUT2D eigenvalue weighted by Gasteiger charge is -2.39. The minimum absolute atomic E-state index is 0.000871. The molecule has 2 atom stereocenters. The van der Waals surface area contributed by atoms with Crippen molar-refractivity contribution >= 4 is 11.6 Å². The van der Waals surface area contributed by atoms with E-state index in [1.165, 1.54) is 0 Å². The van der Waals surface area contributed by atoms with Gasteiger partial charge in [-0.3, -0.25) is 4.79 Å². The van der Waals surface area contributed by atoms with Crippen LogP contribution in [0.25, 0.3) is 0 Å². The van der Waals surface area contributed by atoms with Crippen LogP contribution in [0.1, 0.15) is 13.3 Å². The fourth-order valence-electron chi connectivity index (χ4n) is 2.42. The first-order valence-corrected chi connectivity index (χ1v) is 6.47. The molecule has 1 heterocycles. The van der Waals surface area contributed by atoms with Gasteiger partial charge < -0.3 is 20.1 Å². The molecule has 1 saturated heterocycles. The number of aliphatic hydroxyl groups excluding tert-OH is 1. The van der Waals surface area contributed by atoms with Crippen LogP contribution in [-0.2, 0) is 4.79 Å². The van der Waals surface area contributed by atoms with Crippen molar-refractivity contribution in [3.05, 3.63) is 24.3 Å². The lowest BCUT2D eigenvalue weighted by atomic mass is 10.0. The number of piperazine rings is 1. The quantitative estimate of drug-likeness (QED) is 0.843. The maximum Gasteiger partial charge on any atom is 0.243 e. The molecule has 1 amide bonds. The maximum atomic E-state index is 12.0. The molecule has 1 aromatic rings. The number of aliphatic hydroxyl groups is 1. The van der Waals surface area contributed by atoms with E-state index in [1.54, 1.807) is 7.11 Å². The molecule has 1 aliphatic heterocycles. The molecule has 0 aromatic heterocycles. The standard InChI is InChI=1S/C14H20N2O3/c1-10-9-16(13(7-8-17)14(18)15-10)11-3-5-12(19-2)6-4-11/h3-6,10,13,17H,7-9H2,1-2H3,(H,15,18). The number of nitrogens with one attached hydrogen (secondary N) is 1. The summed E-state index contributed by atoms with van der Waals surface area (Å²) in [6, 6.07) is 7.42. The second-order valence-corrected chi connectivity index (χ2v) is 4.79. The van der Waals surface area contributed by atoms with Crippen molar-refractivity contribution in [1.29, 1.82) is 0 Å². The Hall–Kier alpha value is -1.75. The molecular formula is C14H20N2O3. The smallest absolute Gasteiger partial charge is 0.243 e. The summed E-state index contributed by atoms with van der Waals surface area (Å²) >= 11 is 0. The number of carbonyl (C=O) groups is 1. The Kier molecular flexibility index (Phi) is 4.27. The minimum Gasteiger partial charge on any atom is -0.497 e. The van der Waals surface area contributed by atoms with Crippen LogP contribution in [0.3, 0.4) is 0 Å². The predicted octanol–water partition coefficient (Wildman–Crippen LogP) is 0.771. The Labute approximate surface area is 113 Å². The third-order valence-corrected chi connectivity index (χ3v) is 3.34.